The van der Waals surface area contributed by atoms with Gasteiger partial charge in [0.2, 0.25) is 5.69 Å². The molecule has 0 spiro atoms. The van der Waals surface area contributed by atoms with Gasteiger partial charge in [0.1, 0.15) is 30.4 Å². The number of nitrogens with one attached hydrogen (secondary N) is 1. The minimum absolute atomic E-state index is 0.558. The second kappa shape index (κ2) is 15.2. The van der Waals surface area contributed by atoms with Crippen LogP contribution < -0.4 is 14.5 Å². The molecule has 0 saturated heterocycles. The van der Waals surface area contributed by atoms with E-state index in [9.17, 15) is 0 Å². The number of ether oxygens (including phenoxy) is 2. The maximum absolute atomic E-state index is 6.18. The lowest BCUT2D eigenvalue weighted by Crippen LogP contribution is -2.06. The van der Waals surface area contributed by atoms with E-state index in [2.05, 4.69) is 129 Å². The topological polar surface area (TPSA) is 45.5 Å². The second-order valence-electron chi connectivity index (χ2n) is 12.2. The molecule has 6 aromatic rings. The number of H-pyrrole nitrogens is 1. The molecule has 0 fully saturated rings. The van der Waals surface area contributed by atoms with E-state index in [1.165, 1.54) is 0 Å². The summed E-state index contributed by atoms with van der Waals surface area (Å²) in [6.07, 6.45) is 12.4. The number of aromatic amines is 1. The molecule has 0 aliphatic rings. The van der Waals surface area contributed by atoms with Gasteiger partial charge in [-0.25, -0.2) is 9.97 Å². The van der Waals surface area contributed by atoms with Crippen LogP contribution in [0.4, 0.5) is 0 Å². The van der Waals surface area contributed by atoms with Crippen molar-refractivity contribution in [2.45, 2.75) is 40.9 Å². The lowest BCUT2D eigenvalue weighted by Gasteiger charge is -2.13. The number of rotatable bonds is 11. The second-order valence-corrected chi connectivity index (χ2v) is 12.2. The van der Waals surface area contributed by atoms with Gasteiger partial charge in [-0.05, 0) is 120 Å². The predicted molar refractivity (Wildman–Crippen MR) is 197 cm³/mol. The molecule has 2 heterocycles. The van der Waals surface area contributed by atoms with E-state index in [1.807, 2.05) is 54.9 Å². The van der Waals surface area contributed by atoms with Gasteiger partial charge in [0.05, 0.1) is 0 Å². The SMILES string of the molecule is Cc1cc(/C=C/c2ccnc(-c3cc(/C=C/c4cc(C)c(OCc5ccccc5)c(C)c4)cc[nH+]3)c2)cc(C)c1OCc1ccccc1. The van der Waals surface area contributed by atoms with Gasteiger partial charge in [-0.3, -0.25) is 0 Å². The van der Waals surface area contributed by atoms with Gasteiger partial charge in [-0.1, -0.05) is 85.0 Å². The van der Waals surface area contributed by atoms with Crippen molar-refractivity contribution in [3.63, 3.8) is 0 Å². The lowest BCUT2D eigenvalue weighted by molar-refractivity contribution is -0.364. The zero-order valence-electron chi connectivity index (χ0n) is 28.0. The molecule has 0 bridgehead atoms. The first kappa shape index (κ1) is 32.2. The van der Waals surface area contributed by atoms with E-state index in [0.29, 0.717) is 13.2 Å². The summed E-state index contributed by atoms with van der Waals surface area (Å²) in [4.78, 5) is 8.03. The van der Waals surface area contributed by atoms with E-state index in [1.54, 1.807) is 0 Å². The summed E-state index contributed by atoms with van der Waals surface area (Å²) >= 11 is 0. The minimum Gasteiger partial charge on any atom is -0.488 e. The van der Waals surface area contributed by atoms with Crippen molar-refractivity contribution < 1.29 is 14.5 Å². The molecule has 4 heteroatoms. The molecule has 6 rings (SSSR count). The summed E-state index contributed by atoms with van der Waals surface area (Å²) in [5, 5.41) is 0. The van der Waals surface area contributed by atoms with E-state index in [-0.39, 0.29) is 0 Å². The summed E-state index contributed by atoms with van der Waals surface area (Å²) in [5.41, 5.74) is 13.1. The molecular weight excluding hydrogens is 588 g/mol. The van der Waals surface area contributed by atoms with Gasteiger partial charge in [-0.15, -0.1) is 0 Å². The highest BCUT2D eigenvalue weighted by molar-refractivity contribution is 5.74. The van der Waals surface area contributed by atoms with E-state index in [4.69, 9.17) is 9.47 Å². The Kier molecular flexibility index (Phi) is 10.2. The average molecular weight is 630 g/mol. The van der Waals surface area contributed by atoms with Gasteiger partial charge in [0.15, 0.2) is 6.20 Å². The highest BCUT2D eigenvalue weighted by atomic mass is 16.5. The Morgan fingerprint density at radius 3 is 1.48 bits per heavy atom. The third-order valence-corrected chi connectivity index (χ3v) is 8.24. The molecule has 4 nitrogen and oxygen atoms in total. The van der Waals surface area contributed by atoms with Crippen molar-refractivity contribution in [2.75, 3.05) is 0 Å². The number of hydrogen-bond donors (Lipinski definition) is 0. The van der Waals surface area contributed by atoms with Gasteiger partial charge >= 0.3 is 0 Å². The Balaban J connectivity index is 1.12. The van der Waals surface area contributed by atoms with Crippen LogP contribution in [0.25, 0.3) is 35.7 Å². The fourth-order valence-corrected chi connectivity index (χ4v) is 5.89. The number of pyridine rings is 2. The summed E-state index contributed by atoms with van der Waals surface area (Å²) < 4.78 is 12.4. The highest BCUT2D eigenvalue weighted by Gasteiger charge is 2.10. The summed E-state index contributed by atoms with van der Waals surface area (Å²) in [7, 11) is 0. The quantitative estimate of drug-likeness (QED) is 0.143. The first-order valence-corrected chi connectivity index (χ1v) is 16.3. The van der Waals surface area contributed by atoms with Crippen LogP contribution in [0.3, 0.4) is 0 Å². The fourth-order valence-electron chi connectivity index (χ4n) is 5.89. The minimum atomic E-state index is 0.558. The van der Waals surface area contributed by atoms with Crippen LogP contribution in [0, 0.1) is 27.7 Å². The fraction of sp³-hybridized carbons (Fsp3) is 0.136. The number of hydrogen-bond acceptors (Lipinski definition) is 3. The van der Waals surface area contributed by atoms with Crippen molar-refractivity contribution in [3.05, 3.63) is 177 Å². The predicted octanol–water partition coefficient (Wildman–Crippen LogP) is 10.3. The molecule has 2 aromatic heterocycles. The number of aromatic nitrogens is 2. The van der Waals surface area contributed by atoms with Crippen molar-refractivity contribution in [3.8, 4) is 22.9 Å². The number of aryl methyl sites for hydroxylation is 4. The molecule has 4 aromatic carbocycles. The molecule has 0 unspecified atom stereocenters. The van der Waals surface area contributed by atoms with E-state index >= 15 is 0 Å². The summed E-state index contributed by atoms with van der Waals surface area (Å²) in [6, 6.07) is 37.5. The molecule has 48 heavy (non-hydrogen) atoms. The third kappa shape index (κ3) is 8.34. The van der Waals surface area contributed by atoms with Gasteiger partial charge in [0, 0.05) is 18.3 Å². The highest BCUT2D eigenvalue weighted by Crippen LogP contribution is 2.28. The molecule has 1 N–H and O–H groups in total. The van der Waals surface area contributed by atoms with Crippen LogP contribution in [0.5, 0.6) is 11.5 Å². The zero-order valence-corrected chi connectivity index (χ0v) is 28.0. The molecule has 0 amide bonds. The normalized spacial score (nSPS) is 11.3. The van der Waals surface area contributed by atoms with Crippen LogP contribution in [-0.4, -0.2) is 4.98 Å². The standard InChI is InChI=1S/C44H40N2O2/c1-31-23-39(24-32(2)43(31)47-29-37-11-7-5-8-12-37)17-15-35-19-21-45-41(27-35)42-28-36(20-22-46-42)16-18-40-25-33(3)44(34(4)26-40)48-30-38-13-9-6-10-14-38/h5-28H,29-30H2,1-4H3/p+1/b17-15+,18-16+. The summed E-state index contributed by atoms with van der Waals surface area (Å²) in [6.45, 7) is 9.53. The smallest absolute Gasteiger partial charge is 0.230 e. The molecule has 0 radical (unpaired) electrons. The summed E-state index contributed by atoms with van der Waals surface area (Å²) in [5.74, 6) is 1.89. The van der Waals surface area contributed by atoms with Crippen molar-refractivity contribution in [1.82, 2.24) is 4.98 Å². The Hall–Kier alpha value is -5.74. The third-order valence-electron chi connectivity index (χ3n) is 8.24. The van der Waals surface area contributed by atoms with Gasteiger partial charge in [-0.2, -0.15) is 0 Å². The monoisotopic (exact) mass is 629 g/mol. The van der Waals surface area contributed by atoms with Crippen LogP contribution in [0.15, 0.2) is 122 Å². The molecule has 0 aliphatic heterocycles. The van der Waals surface area contributed by atoms with Crippen molar-refractivity contribution in [2.24, 2.45) is 0 Å². The van der Waals surface area contributed by atoms with Crippen molar-refractivity contribution in [1.29, 1.82) is 0 Å². The first-order valence-electron chi connectivity index (χ1n) is 16.3. The first-order chi connectivity index (χ1) is 23.4. The largest absolute Gasteiger partial charge is 0.488 e. The van der Waals surface area contributed by atoms with E-state index < -0.39 is 0 Å². The van der Waals surface area contributed by atoms with Crippen LogP contribution in [-0.2, 0) is 13.2 Å². The van der Waals surface area contributed by atoms with Crippen molar-refractivity contribution >= 4 is 24.3 Å². The molecule has 238 valence electrons. The lowest BCUT2D eigenvalue weighted by atomic mass is 10.0. The van der Waals surface area contributed by atoms with E-state index in [0.717, 1.165) is 78.5 Å². The van der Waals surface area contributed by atoms with Gasteiger partial charge in [0.25, 0.3) is 0 Å². The number of benzene rings is 4. The maximum Gasteiger partial charge on any atom is 0.230 e. The Morgan fingerprint density at radius 1 is 0.521 bits per heavy atom. The van der Waals surface area contributed by atoms with Crippen LogP contribution in [0.2, 0.25) is 0 Å². The van der Waals surface area contributed by atoms with Gasteiger partial charge < -0.3 is 9.47 Å². The number of nitrogens with zero attached hydrogens (tertiary/aromatic N) is 1. The Morgan fingerprint density at radius 2 is 0.979 bits per heavy atom. The van der Waals surface area contributed by atoms with Crippen LogP contribution in [0.1, 0.15) is 55.6 Å². The Bertz CT molecular complexity index is 1870. The molecule has 0 saturated carbocycles. The maximum atomic E-state index is 6.18. The molecule has 0 aliphatic carbocycles. The average Bonchev–Trinajstić information content (AvgIpc) is 3.10. The molecule has 0 atom stereocenters. The Labute approximate surface area is 284 Å². The zero-order chi connectivity index (χ0) is 33.3. The molecular formula is C44H41N2O2+. The van der Waals surface area contributed by atoms with Crippen LogP contribution >= 0.6 is 0 Å².